The van der Waals surface area contributed by atoms with Crippen LogP contribution in [0.15, 0.2) is 24.3 Å². The molecule has 5 atom stereocenters. The Bertz CT molecular complexity index is 1260. The summed E-state index contributed by atoms with van der Waals surface area (Å²) in [6.07, 6.45) is 42.6. The second kappa shape index (κ2) is 44.7. The number of aliphatic hydroxyl groups is 2. The van der Waals surface area contributed by atoms with Gasteiger partial charge in [0.2, 0.25) is 10.4 Å². The van der Waals surface area contributed by atoms with Crippen molar-refractivity contribution in [3.63, 3.8) is 0 Å². The highest BCUT2D eigenvalue weighted by atomic mass is 32.3. The van der Waals surface area contributed by atoms with Crippen molar-refractivity contribution in [2.75, 3.05) is 26.7 Å². The van der Waals surface area contributed by atoms with Crippen LogP contribution in [-0.2, 0) is 33.6 Å². The number of ether oxygens (including phenoxy) is 2. The normalized spacial score (nSPS) is 14.8. The zero-order chi connectivity index (χ0) is 49.0. The first kappa shape index (κ1) is 65.3. The molecule has 12 heteroatoms. The molecular formula is C53H102NO10S-. The molecule has 65 heavy (non-hydrogen) atoms. The van der Waals surface area contributed by atoms with Crippen molar-refractivity contribution >= 4 is 22.3 Å². The molecule has 2 N–H and O–H groups in total. The molecule has 0 aliphatic heterocycles. The molecule has 0 heterocycles. The molecule has 0 aromatic rings. The van der Waals surface area contributed by atoms with Crippen molar-refractivity contribution in [2.24, 2.45) is 5.41 Å². The minimum atomic E-state index is -4.41. The lowest BCUT2D eigenvalue weighted by molar-refractivity contribution is -0.151. The summed E-state index contributed by atoms with van der Waals surface area (Å²) in [6.45, 7) is 15.9. The van der Waals surface area contributed by atoms with Gasteiger partial charge in [-0.15, -0.1) is 0 Å². The minimum Gasteiger partial charge on any atom is -0.726 e. The van der Waals surface area contributed by atoms with Gasteiger partial charge >= 0.3 is 11.9 Å². The molecule has 0 aromatic carbocycles. The highest BCUT2D eigenvalue weighted by Gasteiger charge is 2.31. The van der Waals surface area contributed by atoms with E-state index >= 15 is 0 Å². The standard InChI is InChI=1S/C52H99NO6.CH4O4S/c1-8-10-12-14-16-18-20-22-24-26-28-30-32-34-36-38-50(56)58-48(5)43-52(7,42-46(3)54)40-41-53(44-47(4)55)45-49(6)59-51(57)39-37-35-33-31-29-27-25-23-21-19-17-15-13-11-9-2;1-5-6(2,3)4/h20,22-23,25,46-49,54-55H,8-19,21,24,26-45H2,1-7H3;1H3,(H,2,3,4)/p-1/b22-20+,25-23+;. The molecule has 0 radical (unpaired) electrons. The number of hydrogen-bond acceptors (Lipinski definition) is 11. The number of allylic oxidation sites excluding steroid dienone is 4. The Labute approximate surface area is 400 Å². The third kappa shape index (κ3) is 49.9. The van der Waals surface area contributed by atoms with Crippen LogP contribution in [0.2, 0.25) is 0 Å². The fraction of sp³-hybridized carbons (Fsp3) is 0.887. The Morgan fingerprint density at radius 3 is 1.28 bits per heavy atom. The largest absolute Gasteiger partial charge is 0.726 e. The first-order chi connectivity index (χ1) is 31.0. The van der Waals surface area contributed by atoms with Gasteiger partial charge in [-0.2, -0.15) is 0 Å². The summed E-state index contributed by atoms with van der Waals surface area (Å²) in [6, 6.07) is 0. The van der Waals surface area contributed by atoms with Crippen molar-refractivity contribution in [2.45, 2.75) is 272 Å². The van der Waals surface area contributed by atoms with Gasteiger partial charge in [0, 0.05) is 25.9 Å². The van der Waals surface area contributed by atoms with E-state index in [-0.39, 0.29) is 29.6 Å². The van der Waals surface area contributed by atoms with Crippen LogP contribution < -0.4 is 0 Å². The van der Waals surface area contributed by atoms with Crippen LogP contribution >= 0.6 is 0 Å². The molecular weight excluding hydrogens is 843 g/mol. The Morgan fingerprint density at radius 1 is 0.569 bits per heavy atom. The summed E-state index contributed by atoms with van der Waals surface area (Å²) < 4.78 is 42.7. The number of rotatable bonds is 44. The molecule has 0 amide bonds. The first-order valence-corrected chi connectivity index (χ1v) is 27.6. The lowest BCUT2D eigenvalue weighted by Gasteiger charge is -2.36. The smallest absolute Gasteiger partial charge is 0.306 e. The molecule has 0 saturated carbocycles. The predicted molar refractivity (Wildman–Crippen MR) is 268 cm³/mol. The molecule has 0 fully saturated rings. The summed E-state index contributed by atoms with van der Waals surface area (Å²) in [5.74, 6) is -0.284. The predicted octanol–water partition coefficient (Wildman–Crippen LogP) is 13.3. The maximum atomic E-state index is 12.7. The zero-order valence-corrected chi connectivity index (χ0v) is 44.0. The average molecular weight is 945 g/mol. The molecule has 0 aromatic heterocycles. The van der Waals surface area contributed by atoms with E-state index in [1.54, 1.807) is 6.92 Å². The highest BCUT2D eigenvalue weighted by molar-refractivity contribution is 7.80. The van der Waals surface area contributed by atoms with Gasteiger partial charge in [0.25, 0.3) is 0 Å². The quantitative estimate of drug-likeness (QED) is 0.0196. The molecule has 0 spiro atoms. The van der Waals surface area contributed by atoms with Crippen LogP contribution in [0.3, 0.4) is 0 Å². The molecule has 11 nitrogen and oxygen atoms in total. The van der Waals surface area contributed by atoms with Crippen LogP contribution in [0.1, 0.15) is 248 Å². The maximum absolute atomic E-state index is 12.7. The molecule has 5 unspecified atom stereocenters. The van der Waals surface area contributed by atoms with Crippen molar-refractivity contribution in [1.82, 2.24) is 4.90 Å². The van der Waals surface area contributed by atoms with E-state index in [1.165, 1.54) is 122 Å². The molecule has 0 aliphatic carbocycles. The van der Waals surface area contributed by atoms with Gasteiger partial charge in [-0.1, -0.05) is 148 Å². The van der Waals surface area contributed by atoms with Crippen molar-refractivity contribution in [3.05, 3.63) is 24.3 Å². The third-order valence-corrected chi connectivity index (χ3v) is 12.2. The van der Waals surface area contributed by atoms with Gasteiger partial charge in [0.15, 0.2) is 0 Å². The van der Waals surface area contributed by atoms with E-state index in [4.69, 9.17) is 9.47 Å². The fourth-order valence-corrected chi connectivity index (χ4v) is 8.44. The topological polar surface area (TPSA) is 163 Å². The SMILES string of the molecule is CCCCCCC/C=C/CCCCCCCCC(=O)OC(C)CC(C)(CCN(CC(C)O)CC(C)OC(=O)CCCCCCC/C=C/CCCCCCCC)CC(C)O.COS(=O)(=O)[O-]. The molecule has 386 valence electrons. The van der Waals surface area contributed by atoms with E-state index in [9.17, 15) is 32.8 Å². The number of hydrogen-bond donors (Lipinski definition) is 2. The van der Waals surface area contributed by atoms with Gasteiger partial charge in [-0.05, 0) is 123 Å². The van der Waals surface area contributed by atoms with E-state index in [2.05, 4.69) is 54.2 Å². The van der Waals surface area contributed by atoms with Gasteiger partial charge in [0.1, 0.15) is 6.10 Å². The number of carbonyl (C=O) groups is 2. The molecule has 0 rings (SSSR count). The minimum absolute atomic E-state index is 0.134. The number of carbonyl (C=O) groups excluding carboxylic acids is 2. The fourth-order valence-electron chi connectivity index (χ4n) is 8.44. The summed E-state index contributed by atoms with van der Waals surface area (Å²) in [4.78, 5) is 27.6. The lowest BCUT2D eigenvalue weighted by Crippen LogP contribution is -2.41. The monoisotopic (exact) mass is 945 g/mol. The van der Waals surface area contributed by atoms with Gasteiger partial charge in [0.05, 0.1) is 25.4 Å². The first-order valence-electron chi connectivity index (χ1n) is 26.3. The Balaban J connectivity index is 0. The van der Waals surface area contributed by atoms with Crippen LogP contribution in [-0.4, -0.2) is 91.2 Å². The number of esters is 2. The van der Waals surface area contributed by atoms with E-state index in [0.717, 1.165) is 58.5 Å². The van der Waals surface area contributed by atoms with Crippen LogP contribution in [0.25, 0.3) is 0 Å². The number of unbranched alkanes of at least 4 members (excludes halogenated alkanes) is 22. The number of aliphatic hydroxyl groups excluding tert-OH is 2. The maximum Gasteiger partial charge on any atom is 0.306 e. The second-order valence-electron chi connectivity index (χ2n) is 19.3. The van der Waals surface area contributed by atoms with Gasteiger partial charge in [-0.25, -0.2) is 8.42 Å². The highest BCUT2D eigenvalue weighted by Crippen LogP contribution is 2.34. The summed E-state index contributed by atoms with van der Waals surface area (Å²) in [5, 5.41) is 20.7. The van der Waals surface area contributed by atoms with Gasteiger partial charge < -0.3 is 24.2 Å². The van der Waals surface area contributed by atoms with E-state index in [1.807, 2.05) is 20.8 Å². The molecule has 0 bridgehead atoms. The summed E-state index contributed by atoms with van der Waals surface area (Å²) >= 11 is 0. The second-order valence-corrected chi connectivity index (χ2v) is 20.4. The molecule has 0 saturated heterocycles. The lowest BCUT2D eigenvalue weighted by atomic mass is 9.76. The average Bonchev–Trinajstić information content (AvgIpc) is 3.22. The van der Waals surface area contributed by atoms with Crippen molar-refractivity contribution < 1.29 is 46.4 Å². The van der Waals surface area contributed by atoms with Crippen LogP contribution in [0.5, 0.6) is 0 Å². The Morgan fingerprint density at radius 2 is 0.923 bits per heavy atom. The summed E-state index contributed by atoms with van der Waals surface area (Å²) in [5.41, 5.74) is -0.265. The Kier molecular flexibility index (Phi) is 44.8. The van der Waals surface area contributed by atoms with Crippen LogP contribution in [0, 0.1) is 5.41 Å². The third-order valence-electron chi connectivity index (χ3n) is 11.8. The zero-order valence-electron chi connectivity index (χ0n) is 43.2. The number of nitrogens with zero attached hydrogens (tertiary/aromatic N) is 1. The van der Waals surface area contributed by atoms with Gasteiger partial charge in [-0.3, -0.25) is 18.7 Å². The Hall–Kier alpha value is -1.83. The van der Waals surface area contributed by atoms with E-state index in [0.29, 0.717) is 45.3 Å². The van der Waals surface area contributed by atoms with Crippen molar-refractivity contribution in [1.29, 1.82) is 0 Å². The summed E-state index contributed by atoms with van der Waals surface area (Å²) in [7, 11) is -3.60. The van der Waals surface area contributed by atoms with Crippen molar-refractivity contribution in [3.8, 4) is 0 Å². The van der Waals surface area contributed by atoms with E-state index < -0.39 is 22.6 Å². The van der Waals surface area contributed by atoms with Crippen LogP contribution in [0.4, 0.5) is 0 Å². The molecule has 0 aliphatic rings.